The van der Waals surface area contributed by atoms with Crippen molar-refractivity contribution in [3.8, 4) is 5.75 Å². The summed E-state index contributed by atoms with van der Waals surface area (Å²) in [4.78, 5) is 23.1. The number of hydrogen-bond donors (Lipinski definition) is 2. The van der Waals surface area contributed by atoms with E-state index >= 15 is 0 Å². The van der Waals surface area contributed by atoms with E-state index in [1.165, 1.54) is 7.11 Å². The van der Waals surface area contributed by atoms with Gasteiger partial charge in [0.15, 0.2) is 0 Å². The fourth-order valence-electron chi connectivity index (χ4n) is 2.45. The number of carboxylic acid groups (broad SMARTS) is 1. The SMILES string of the molecule is COc1cc(Br)ccc1C(=O)NC1CCC(C(=O)O)C1. The van der Waals surface area contributed by atoms with E-state index in [-0.39, 0.29) is 17.9 Å². The van der Waals surface area contributed by atoms with Gasteiger partial charge in [-0.25, -0.2) is 0 Å². The zero-order chi connectivity index (χ0) is 14.7. The van der Waals surface area contributed by atoms with Crippen molar-refractivity contribution in [2.45, 2.75) is 25.3 Å². The first-order valence-electron chi connectivity index (χ1n) is 6.38. The van der Waals surface area contributed by atoms with Crippen LogP contribution in [0.4, 0.5) is 0 Å². The molecule has 20 heavy (non-hydrogen) atoms. The molecule has 0 radical (unpaired) electrons. The second kappa shape index (κ2) is 6.26. The van der Waals surface area contributed by atoms with E-state index in [2.05, 4.69) is 21.2 Å². The maximum atomic E-state index is 12.2. The molecule has 2 unspecified atom stereocenters. The molecule has 0 saturated heterocycles. The minimum Gasteiger partial charge on any atom is -0.496 e. The molecule has 0 bridgehead atoms. The molecule has 0 spiro atoms. The summed E-state index contributed by atoms with van der Waals surface area (Å²) in [5.74, 6) is -0.884. The van der Waals surface area contributed by atoms with E-state index < -0.39 is 5.97 Å². The molecule has 0 aromatic heterocycles. The number of ether oxygens (including phenoxy) is 1. The molecule has 6 heteroatoms. The monoisotopic (exact) mass is 341 g/mol. The Morgan fingerprint density at radius 3 is 2.75 bits per heavy atom. The van der Waals surface area contributed by atoms with Crippen LogP contribution >= 0.6 is 15.9 Å². The van der Waals surface area contributed by atoms with Gasteiger partial charge in [-0.2, -0.15) is 0 Å². The molecule has 1 amide bonds. The van der Waals surface area contributed by atoms with E-state index in [9.17, 15) is 9.59 Å². The van der Waals surface area contributed by atoms with Crippen LogP contribution in [0.2, 0.25) is 0 Å². The molecule has 1 saturated carbocycles. The van der Waals surface area contributed by atoms with Crippen molar-refractivity contribution in [3.63, 3.8) is 0 Å². The minimum atomic E-state index is -0.789. The Morgan fingerprint density at radius 2 is 2.15 bits per heavy atom. The van der Waals surface area contributed by atoms with Crippen LogP contribution in [0.1, 0.15) is 29.6 Å². The molecular formula is C14H16BrNO4. The van der Waals surface area contributed by atoms with Crippen LogP contribution in [-0.2, 0) is 4.79 Å². The Bertz CT molecular complexity index is 532. The number of carbonyl (C=O) groups is 2. The summed E-state index contributed by atoms with van der Waals surface area (Å²) in [6, 6.07) is 5.09. The van der Waals surface area contributed by atoms with Gasteiger partial charge in [0.25, 0.3) is 5.91 Å². The number of benzene rings is 1. The van der Waals surface area contributed by atoms with Gasteiger partial charge in [0.2, 0.25) is 0 Å². The molecule has 0 heterocycles. The molecule has 1 aromatic rings. The van der Waals surface area contributed by atoms with Gasteiger partial charge >= 0.3 is 5.97 Å². The van der Waals surface area contributed by atoms with Crippen molar-refractivity contribution in [2.24, 2.45) is 5.92 Å². The van der Waals surface area contributed by atoms with Gasteiger partial charge in [-0.15, -0.1) is 0 Å². The first-order valence-corrected chi connectivity index (χ1v) is 7.17. The second-order valence-electron chi connectivity index (χ2n) is 4.86. The number of methoxy groups -OCH3 is 1. The molecular weight excluding hydrogens is 326 g/mol. The molecule has 0 aliphatic heterocycles. The second-order valence-corrected chi connectivity index (χ2v) is 5.78. The predicted octanol–water partition coefficient (Wildman–Crippen LogP) is 2.44. The maximum absolute atomic E-state index is 12.2. The normalized spacial score (nSPS) is 21.5. The highest BCUT2D eigenvalue weighted by molar-refractivity contribution is 9.10. The number of aliphatic carboxylic acids is 1. The molecule has 1 aromatic carbocycles. The number of carbonyl (C=O) groups excluding carboxylic acids is 1. The minimum absolute atomic E-state index is 0.0862. The van der Waals surface area contributed by atoms with Crippen LogP contribution in [0.5, 0.6) is 5.75 Å². The highest BCUT2D eigenvalue weighted by Gasteiger charge is 2.31. The standard InChI is InChI=1S/C14H16BrNO4/c1-20-12-7-9(15)3-5-11(12)13(17)16-10-4-2-8(6-10)14(18)19/h3,5,7-8,10H,2,4,6H2,1H3,(H,16,17)(H,18,19). The number of hydrogen-bond acceptors (Lipinski definition) is 3. The summed E-state index contributed by atoms with van der Waals surface area (Å²) < 4.78 is 6.02. The Labute approximate surface area is 125 Å². The highest BCUT2D eigenvalue weighted by Crippen LogP contribution is 2.27. The molecule has 2 rings (SSSR count). The Kier molecular flexibility index (Phi) is 4.65. The van der Waals surface area contributed by atoms with Gasteiger partial charge in [-0.05, 0) is 37.5 Å². The first kappa shape index (κ1) is 14.8. The van der Waals surface area contributed by atoms with Gasteiger partial charge in [-0.3, -0.25) is 9.59 Å². The molecule has 1 aliphatic rings. The number of halogens is 1. The average Bonchev–Trinajstić information content (AvgIpc) is 2.87. The van der Waals surface area contributed by atoms with Gasteiger partial charge in [0, 0.05) is 10.5 Å². The van der Waals surface area contributed by atoms with Crippen LogP contribution in [0.25, 0.3) is 0 Å². The Morgan fingerprint density at radius 1 is 1.40 bits per heavy atom. The van der Waals surface area contributed by atoms with Crippen molar-refractivity contribution in [3.05, 3.63) is 28.2 Å². The average molecular weight is 342 g/mol. The van der Waals surface area contributed by atoms with Crippen molar-refractivity contribution in [1.29, 1.82) is 0 Å². The fraction of sp³-hybridized carbons (Fsp3) is 0.429. The van der Waals surface area contributed by atoms with Crippen molar-refractivity contribution >= 4 is 27.8 Å². The lowest BCUT2D eigenvalue weighted by molar-refractivity contribution is -0.141. The summed E-state index contributed by atoms with van der Waals surface area (Å²) >= 11 is 3.32. The summed E-state index contributed by atoms with van der Waals surface area (Å²) in [5.41, 5.74) is 0.453. The maximum Gasteiger partial charge on any atom is 0.306 e. The quantitative estimate of drug-likeness (QED) is 0.881. The van der Waals surface area contributed by atoms with Crippen LogP contribution in [0, 0.1) is 5.92 Å². The van der Waals surface area contributed by atoms with E-state index in [1.807, 2.05) is 0 Å². The fourth-order valence-corrected chi connectivity index (χ4v) is 2.79. The summed E-state index contributed by atoms with van der Waals surface area (Å²) in [5, 5.41) is 11.8. The first-order chi connectivity index (χ1) is 9.51. The van der Waals surface area contributed by atoms with Crippen molar-refractivity contribution in [1.82, 2.24) is 5.32 Å². The van der Waals surface area contributed by atoms with E-state index in [1.54, 1.807) is 18.2 Å². The predicted molar refractivity (Wildman–Crippen MR) is 76.9 cm³/mol. The molecule has 2 atom stereocenters. The van der Waals surface area contributed by atoms with Gasteiger partial charge < -0.3 is 15.2 Å². The molecule has 1 fully saturated rings. The Balaban J connectivity index is 2.04. The Hall–Kier alpha value is -1.56. The largest absolute Gasteiger partial charge is 0.496 e. The van der Waals surface area contributed by atoms with Crippen molar-refractivity contribution in [2.75, 3.05) is 7.11 Å². The summed E-state index contributed by atoms with van der Waals surface area (Å²) in [6.45, 7) is 0. The topological polar surface area (TPSA) is 75.6 Å². The summed E-state index contributed by atoms with van der Waals surface area (Å²) in [7, 11) is 1.51. The molecule has 108 valence electrons. The zero-order valence-electron chi connectivity index (χ0n) is 11.1. The third kappa shape index (κ3) is 3.30. The number of amides is 1. The van der Waals surface area contributed by atoms with Crippen molar-refractivity contribution < 1.29 is 19.4 Å². The van der Waals surface area contributed by atoms with Gasteiger partial charge in [0.1, 0.15) is 5.75 Å². The molecule has 2 N–H and O–H groups in total. The lowest BCUT2D eigenvalue weighted by atomic mass is 10.1. The number of rotatable bonds is 4. The lowest BCUT2D eigenvalue weighted by Gasteiger charge is -2.14. The number of nitrogens with one attached hydrogen (secondary N) is 1. The molecule has 5 nitrogen and oxygen atoms in total. The third-order valence-electron chi connectivity index (χ3n) is 3.53. The van der Waals surface area contributed by atoms with Gasteiger partial charge in [-0.1, -0.05) is 15.9 Å². The van der Waals surface area contributed by atoms with E-state index in [0.717, 1.165) is 4.47 Å². The van der Waals surface area contributed by atoms with E-state index in [4.69, 9.17) is 9.84 Å². The smallest absolute Gasteiger partial charge is 0.306 e. The van der Waals surface area contributed by atoms with E-state index in [0.29, 0.717) is 30.6 Å². The number of carboxylic acids is 1. The van der Waals surface area contributed by atoms with Crippen LogP contribution in [0.15, 0.2) is 22.7 Å². The van der Waals surface area contributed by atoms with Crippen LogP contribution in [0.3, 0.4) is 0 Å². The zero-order valence-corrected chi connectivity index (χ0v) is 12.6. The highest BCUT2D eigenvalue weighted by atomic mass is 79.9. The van der Waals surface area contributed by atoms with Crippen LogP contribution in [-0.4, -0.2) is 30.1 Å². The lowest BCUT2D eigenvalue weighted by Crippen LogP contribution is -2.33. The summed E-state index contributed by atoms with van der Waals surface area (Å²) in [6.07, 6.45) is 1.79. The van der Waals surface area contributed by atoms with Gasteiger partial charge in [0.05, 0.1) is 18.6 Å². The van der Waals surface area contributed by atoms with Crippen LogP contribution < -0.4 is 10.1 Å². The molecule has 1 aliphatic carbocycles. The third-order valence-corrected chi connectivity index (χ3v) is 4.02.